The van der Waals surface area contributed by atoms with Crippen molar-refractivity contribution < 1.29 is 4.79 Å². The molecule has 5 heteroatoms. The largest absolute Gasteiger partial charge is 0.340 e. The van der Waals surface area contributed by atoms with Gasteiger partial charge in [-0.25, -0.2) is 0 Å². The first kappa shape index (κ1) is 18.3. The molecule has 21 heavy (non-hydrogen) atoms. The van der Waals surface area contributed by atoms with Gasteiger partial charge in [-0.3, -0.25) is 9.69 Å². The van der Waals surface area contributed by atoms with Gasteiger partial charge >= 0.3 is 0 Å². The number of carbonyl (C=O) groups excluding carboxylic acids is 1. The molecule has 0 spiro atoms. The van der Waals surface area contributed by atoms with Crippen LogP contribution in [0.2, 0.25) is 5.02 Å². The first-order valence-electron chi connectivity index (χ1n) is 7.44. The van der Waals surface area contributed by atoms with Gasteiger partial charge < -0.3 is 4.90 Å². The number of hydrogen-bond donors (Lipinski definition) is 0. The third-order valence-electron chi connectivity index (χ3n) is 3.84. The second-order valence-corrected chi connectivity index (χ2v) is 5.72. The molecule has 1 fully saturated rings. The normalized spacial score (nSPS) is 15.6. The van der Waals surface area contributed by atoms with Gasteiger partial charge in [0.05, 0.1) is 0 Å². The van der Waals surface area contributed by atoms with Crippen molar-refractivity contribution in [2.75, 3.05) is 32.7 Å². The van der Waals surface area contributed by atoms with E-state index in [1.807, 2.05) is 23.1 Å². The fourth-order valence-corrected chi connectivity index (χ4v) is 2.80. The number of piperazine rings is 1. The zero-order chi connectivity index (χ0) is 14.4. The lowest BCUT2D eigenvalue weighted by Crippen LogP contribution is -2.49. The molecule has 0 aliphatic carbocycles. The summed E-state index contributed by atoms with van der Waals surface area (Å²) >= 11 is 6.17. The number of amides is 1. The molecule has 1 heterocycles. The molecule has 1 amide bonds. The SMILES string of the molecule is CCCC(=O)N1CCN(CCc2ccccc2Cl)CC1.Cl. The summed E-state index contributed by atoms with van der Waals surface area (Å²) in [5.74, 6) is 0.304. The van der Waals surface area contributed by atoms with Crippen LogP contribution in [0.1, 0.15) is 25.3 Å². The predicted octanol–water partition coefficient (Wildman–Crippen LogP) is 3.25. The van der Waals surface area contributed by atoms with Gasteiger partial charge in [-0.1, -0.05) is 36.7 Å². The molecule has 1 aromatic rings. The second kappa shape index (κ2) is 9.29. The minimum Gasteiger partial charge on any atom is -0.340 e. The van der Waals surface area contributed by atoms with E-state index in [9.17, 15) is 4.79 Å². The van der Waals surface area contributed by atoms with Gasteiger partial charge in [-0.2, -0.15) is 0 Å². The molecule has 0 bridgehead atoms. The van der Waals surface area contributed by atoms with Gasteiger partial charge in [-0.05, 0) is 24.5 Å². The van der Waals surface area contributed by atoms with E-state index in [2.05, 4.69) is 17.9 Å². The minimum atomic E-state index is 0. The van der Waals surface area contributed by atoms with Crippen molar-refractivity contribution in [1.29, 1.82) is 0 Å². The van der Waals surface area contributed by atoms with E-state index in [0.29, 0.717) is 12.3 Å². The third-order valence-corrected chi connectivity index (χ3v) is 4.21. The van der Waals surface area contributed by atoms with Crippen LogP contribution in [0.15, 0.2) is 24.3 Å². The summed E-state index contributed by atoms with van der Waals surface area (Å²) in [4.78, 5) is 16.2. The molecule has 0 radical (unpaired) electrons. The van der Waals surface area contributed by atoms with Crippen molar-refractivity contribution in [2.45, 2.75) is 26.2 Å². The van der Waals surface area contributed by atoms with E-state index in [0.717, 1.165) is 50.6 Å². The Morgan fingerprint density at radius 3 is 2.48 bits per heavy atom. The molecule has 1 aromatic carbocycles. The molecule has 3 nitrogen and oxygen atoms in total. The highest BCUT2D eigenvalue weighted by Crippen LogP contribution is 2.16. The zero-order valence-electron chi connectivity index (χ0n) is 12.6. The van der Waals surface area contributed by atoms with E-state index in [1.165, 1.54) is 5.56 Å². The monoisotopic (exact) mass is 330 g/mol. The first-order chi connectivity index (χ1) is 9.70. The Morgan fingerprint density at radius 1 is 1.19 bits per heavy atom. The predicted molar refractivity (Wildman–Crippen MR) is 90.3 cm³/mol. The van der Waals surface area contributed by atoms with Crippen molar-refractivity contribution in [3.05, 3.63) is 34.9 Å². The maximum absolute atomic E-state index is 11.8. The first-order valence-corrected chi connectivity index (χ1v) is 7.82. The Labute approximate surface area is 138 Å². The van der Waals surface area contributed by atoms with Crippen molar-refractivity contribution in [3.63, 3.8) is 0 Å². The van der Waals surface area contributed by atoms with Crippen LogP contribution in [-0.2, 0) is 11.2 Å². The summed E-state index contributed by atoms with van der Waals surface area (Å²) in [7, 11) is 0. The summed E-state index contributed by atoms with van der Waals surface area (Å²) in [5, 5.41) is 0.851. The summed E-state index contributed by atoms with van der Waals surface area (Å²) < 4.78 is 0. The van der Waals surface area contributed by atoms with Gasteiger partial charge in [0.2, 0.25) is 5.91 Å². The summed E-state index contributed by atoms with van der Waals surface area (Å²) in [6, 6.07) is 8.02. The van der Waals surface area contributed by atoms with Crippen LogP contribution >= 0.6 is 24.0 Å². The number of halogens is 2. The van der Waals surface area contributed by atoms with Crippen LogP contribution in [-0.4, -0.2) is 48.4 Å². The average Bonchev–Trinajstić information content (AvgIpc) is 2.47. The molecule has 0 aromatic heterocycles. The molecule has 2 rings (SSSR count). The average molecular weight is 331 g/mol. The van der Waals surface area contributed by atoms with E-state index in [-0.39, 0.29) is 12.4 Å². The molecule has 0 saturated carbocycles. The summed E-state index contributed by atoms with van der Waals surface area (Å²) in [6.07, 6.45) is 2.59. The van der Waals surface area contributed by atoms with Crippen LogP contribution < -0.4 is 0 Å². The molecular formula is C16H24Cl2N2O. The quantitative estimate of drug-likeness (QED) is 0.827. The Bertz CT molecular complexity index is 446. The van der Waals surface area contributed by atoms with Crippen LogP contribution in [0.4, 0.5) is 0 Å². The summed E-state index contributed by atoms with van der Waals surface area (Å²) in [6.45, 7) is 6.74. The lowest BCUT2D eigenvalue weighted by atomic mass is 10.1. The Morgan fingerprint density at radius 2 is 1.86 bits per heavy atom. The van der Waals surface area contributed by atoms with E-state index >= 15 is 0 Å². The van der Waals surface area contributed by atoms with Gasteiger partial charge in [0.1, 0.15) is 0 Å². The Hall–Kier alpha value is -0.770. The second-order valence-electron chi connectivity index (χ2n) is 5.31. The van der Waals surface area contributed by atoms with Crippen molar-refractivity contribution in [1.82, 2.24) is 9.80 Å². The Kier molecular flexibility index (Phi) is 8.09. The molecule has 1 aliphatic rings. The number of nitrogens with zero attached hydrogens (tertiary/aromatic N) is 2. The highest BCUT2D eigenvalue weighted by molar-refractivity contribution is 6.31. The fraction of sp³-hybridized carbons (Fsp3) is 0.562. The van der Waals surface area contributed by atoms with E-state index in [4.69, 9.17) is 11.6 Å². The van der Waals surface area contributed by atoms with Crippen molar-refractivity contribution in [3.8, 4) is 0 Å². The topological polar surface area (TPSA) is 23.6 Å². The maximum atomic E-state index is 11.8. The third kappa shape index (κ3) is 5.50. The lowest BCUT2D eigenvalue weighted by molar-refractivity contribution is -0.132. The smallest absolute Gasteiger partial charge is 0.222 e. The summed E-state index contributed by atoms with van der Waals surface area (Å²) in [5.41, 5.74) is 1.21. The van der Waals surface area contributed by atoms with Gasteiger partial charge in [0, 0.05) is 44.2 Å². The van der Waals surface area contributed by atoms with Crippen molar-refractivity contribution in [2.24, 2.45) is 0 Å². The molecule has 0 atom stereocenters. The Balaban J connectivity index is 0.00000220. The van der Waals surface area contributed by atoms with Crippen LogP contribution in [0.25, 0.3) is 0 Å². The highest BCUT2D eigenvalue weighted by Gasteiger charge is 2.20. The molecule has 0 unspecified atom stereocenters. The van der Waals surface area contributed by atoms with Crippen LogP contribution in [0, 0.1) is 0 Å². The minimum absolute atomic E-state index is 0. The van der Waals surface area contributed by atoms with E-state index in [1.54, 1.807) is 0 Å². The van der Waals surface area contributed by atoms with Crippen LogP contribution in [0.5, 0.6) is 0 Å². The number of benzene rings is 1. The molecule has 0 N–H and O–H groups in total. The maximum Gasteiger partial charge on any atom is 0.222 e. The standard InChI is InChI=1S/C16H23ClN2O.ClH/c1-2-5-16(20)19-12-10-18(11-13-19)9-8-14-6-3-4-7-15(14)17;/h3-4,6-7H,2,5,8-13H2,1H3;1H. The molecule has 1 saturated heterocycles. The molecular weight excluding hydrogens is 307 g/mol. The van der Waals surface area contributed by atoms with Crippen molar-refractivity contribution >= 4 is 29.9 Å². The number of rotatable bonds is 5. The van der Waals surface area contributed by atoms with Gasteiger partial charge in [0.25, 0.3) is 0 Å². The zero-order valence-corrected chi connectivity index (χ0v) is 14.1. The van der Waals surface area contributed by atoms with Gasteiger partial charge in [-0.15, -0.1) is 12.4 Å². The highest BCUT2D eigenvalue weighted by atomic mass is 35.5. The van der Waals surface area contributed by atoms with E-state index < -0.39 is 0 Å². The number of carbonyl (C=O) groups is 1. The van der Waals surface area contributed by atoms with Crippen LogP contribution in [0.3, 0.4) is 0 Å². The lowest BCUT2D eigenvalue weighted by Gasteiger charge is -2.34. The molecule has 118 valence electrons. The fourth-order valence-electron chi connectivity index (χ4n) is 2.57. The number of hydrogen-bond acceptors (Lipinski definition) is 2. The van der Waals surface area contributed by atoms with Gasteiger partial charge in [0.15, 0.2) is 0 Å². The molecule has 1 aliphatic heterocycles.